The molecule has 0 aliphatic heterocycles. The summed E-state index contributed by atoms with van der Waals surface area (Å²) in [6.07, 6.45) is 0.0721. The van der Waals surface area contributed by atoms with Crippen LogP contribution in [0.2, 0.25) is 0 Å². The molecular formula is C24H22O11. The molecular weight excluding hydrogens is 464 g/mol. The second-order valence-electron chi connectivity index (χ2n) is 7.16. The Morgan fingerprint density at radius 2 is 1.49 bits per heavy atom. The molecule has 0 amide bonds. The van der Waals surface area contributed by atoms with Crippen LogP contribution < -0.4 is 14.9 Å². The van der Waals surface area contributed by atoms with Gasteiger partial charge in [-0.25, -0.2) is 14.4 Å². The molecule has 11 heteroatoms. The van der Waals surface area contributed by atoms with Crippen molar-refractivity contribution in [2.45, 2.75) is 6.10 Å². The highest BCUT2D eigenvalue weighted by Gasteiger charge is 2.21. The number of esters is 2. The molecule has 0 aliphatic rings. The predicted molar refractivity (Wildman–Crippen MR) is 120 cm³/mol. The van der Waals surface area contributed by atoms with Crippen LogP contribution in [-0.2, 0) is 28.6 Å². The van der Waals surface area contributed by atoms with E-state index in [4.69, 9.17) is 28.1 Å². The van der Waals surface area contributed by atoms with E-state index in [0.29, 0.717) is 11.1 Å². The van der Waals surface area contributed by atoms with Gasteiger partial charge in [-0.05, 0) is 17.2 Å². The van der Waals surface area contributed by atoms with Gasteiger partial charge in [-0.15, -0.1) is 0 Å². The molecule has 11 nitrogen and oxygen atoms in total. The first-order valence-corrected chi connectivity index (χ1v) is 10.1. The maximum Gasteiger partial charge on any atom is 0.337 e. The Morgan fingerprint density at radius 1 is 0.914 bits per heavy atom. The molecule has 1 atom stereocenters. The van der Waals surface area contributed by atoms with E-state index in [-0.39, 0.29) is 41.2 Å². The van der Waals surface area contributed by atoms with Crippen LogP contribution in [0.1, 0.15) is 11.7 Å². The average Bonchev–Trinajstić information content (AvgIpc) is 2.81. The van der Waals surface area contributed by atoms with Crippen molar-refractivity contribution in [2.75, 3.05) is 34.5 Å². The first-order valence-electron chi connectivity index (χ1n) is 10.1. The third-order valence-electron chi connectivity index (χ3n) is 4.80. The van der Waals surface area contributed by atoms with Crippen LogP contribution in [0.5, 0.6) is 11.5 Å². The Labute approximate surface area is 198 Å². The number of ether oxygens (including phenoxy) is 5. The van der Waals surface area contributed by atoms with Crippen molar-refractivity contribution in [3.8, 4) is 22.6 Å². The fourth-order valence-electron chi connectivity index (χ4n) is 3.25. The van der Waals surface area contributed by atoms with E-state index in [0.717, 1.165) is 0 Å². The summed E-state index contributed by atoms with van der Waals surface area (Å²) in [6, 6.07) is 8.65. The van der Waals surface area contributed by atoms with Crippen molar-refractivity contribution in [1.82, 2.24) is 0 Å². The summed E-state index contributed by atoms with van der Waals surface area (Å²) in [5, 5.41) is 9.29. The van der Waals surface area contributed by atoms with Gasteiger partial charge >= 0.3 is 17.9 Å². The van der Waals surface area contributed by atoms with E-state index in [1.165, 1.54) is 51.9 Å². The number of carbonyl (C=O) groups is 3. The molecule has 0 spiro atoms. The topological polar surface area (TPSA) is 148 Å². The molecule has 0 aliphatic carbocycles. The van der Waals surface area contributed by atoms with Gasteiger partial charge in [-0.1, -0.05) is 24.3 Å². The summed E-state index contributed by atoms with van der Waals surface area (Å²) in [6.45, 7) is -0.725. The molecule has 1 aromatic heterocycles. The van der Waals surface area contributed by atoms with Crippen molar-refractivity contribution in [1.29, 1.82) is 0 Å². The Hall–Kier alpha value is -4.06. The third kappa shape index (κ3) is 5.90. The number of carboxylic acids is 1. The molecule has 3 aromatic rings. The van der Waals surface area contributed by atoms with E-state index in [2.05, 4.69) is 0 Å². The van der Waals surface area contributed by atoms with Crippen LogP contribution in [0.3, 0.4) is 0 Å². The Bertz CT molecular complexity index is 1290. The highest BCUT2D eigenvalue weighted by molar-refractivity contribution is 5.87. The maximum atomic E-state index is 13.2. The van der Waals surface area contributed by atoms with Crippen LogP contribution in [0.4, 0.5) is 0 Å². The minimum absolute atomic E-state index is 0.0543. The number of aliphatic carboxylic acids is 1. The Morgan fingerprint density at radius 3 is 2.00 bits per heavy atom. The summed E-state index contributed by atoms with van der Waals surface area (Å²) in [7, 11) is 3.90. The van der Waals surface area contributed by atoms with Crippen LogP contribution in [0.25, 0.3) is 22.1 Å². The zero-order valence-corrected chi connectivity index (χ0v) is 19.1. The van der Waals surface area contributed by atoms with Gasteiger partial charge in [-0.2, -0.15) is 0 Å². The summed E-state index contributed by atoms with van der Waals surface area (Å²) < 4.78 is 30.5. The van der Waals surface area contributed by atoms with E-state index in [1.54, 1.807) is 12.1 Å². The highest BCUT2D eigenvalue weighted by Crippen LogP contribution is 2.33. The lowest BCUT2D eigenvalue weighted by molar-refractivity contribution is -0.149. The number of methoxy groups -OCH3 is 3. The van der Waals surface area contributed by atoms with Gasteiger partial charge in [0.15, 0.2) is 17.6 Å². The highest BCUT2D eigenvalue weighted by atomic mass is 16.6. The van der Waals surface area contributed by atoms with E-state index >= 15 is 0 Å². The van der Waals surface area contributed by atoms with E-state index < -0.39 is 29.4 Å². The normalized spacial score (nSPS) is 11.7. The predicted octanol–water partition coefficient (Wildman–Crippen LogP) is 2.34. The molecule has 184 valence electrons. The molecule has 1 N–H and O–H groups in total. The lowest BCUT2D eigenvalue weighted by Crippen LogP contribution is -2.18. The summed E-state index contributed by atoms with van der Waals surface area (Å²) in [4.78, 5) is 48.4. The molecule has 35 heavy (non-hydrogen) atoms. The van der Waals surface area contributed by atoms with Gasteiger partial charge in [0.2, 0.25) is 5.43 Å². The minimum atomic E-state index is -1.15. The third-order valence-corrected chi connectivity index (χ3v) is 4.80. The molecule has 0 saturated heterocycles. The monoisotopic (exact) mass is 486 g/mol. The number of rotatable bonds is 10. The lowest BCUT2D eigenvalue weighted by atomic mass is 10.0. The molecule has 1 heterocycles. The molecule has 3 rings (SSSR count). The minimum Gasteiger partial charge on any atom is -0.479 e. The van der Waals surface area contributed by atoms with Crippen LogP contribution >= 0.6 is 0 Å². The van der Waals surface area contributed by atoms with Gasteiger partial charge in [0.05, 0.1) is 10.9 Å². The largest absolute Gasteiger partial charge is 0.479 e. The van der Waals surface area contributed by atoms with Crippen molar-refractivity contribution in [3.05, 3.63) is 58.4 Å². The molecule has 0 unspecified atom stereocenters. The first-order chi connectivity index (χ1) is 16.8. The van der Waals surface area contributed by atoms with Crippen molar-refractivity contribution >= 4 is 28.9 Å². The van der Waals surface area contributed by atoms with E-state index in [1.807, 2.05) is 0 Å². The Kier molecular flexibility index (Phi) is 8.31. The van der Waals surface area contributed by atoms with E-state index in [9.17, 15) is 24.3 Å². The molecule has 2 aromatic carbocycles. The number of hydrogen-bond donors (Lipinski definition) is 1. The van der Waals surface area contributed by atoms with Gasteiger partial charge < -0.3 is 33.2 Å². The number of hydrogen-bond acceptors (Lipinski definition) is 10. The fourth-order valence-corrected chi connectivity index (χ4v) is 3.25. The second-order valence-corrected chi connectivity index (χ2v) is 7.16. The average molecular weight is 486 g/mol. The van der Waals surface area contributed by atoms with Crippen molar-refractivity contribution < 1.29 is 47.6 Å². The SMILES string of the molecule is COCC(=O)Oc1cc2occ(-c3ccc([C@H](OC)C(=O)O)cc3)c(=O)c2cc1OC(=O)COC. The standard InChI is InChI=1S/C24H22O11/c1-30-11-20(25)34-18-8-15-17(9-19(18)35-21(26)12-31-2)33-10-16(22(15)27)13-4-6-14(7-5-13)23(32-3)24(28)29/h4-10,23H,11-12H2,1-3H3,(H,28,29)/t23-/m0/s1. The summed E-state index contributed by atoms with van der Waals surface area (Å²) in [5.41, 5.74) is 0.639. The summed E-state index contributed by atoms with van der Waals surface area (Å²) in [5.74, 6) is -3.02. The van der Waals surface area contributed by atoms with Gasteiger partial charge in [0.1, 0.15) is 25.1 Å². The van der Waals surface area contributed by atoms with Crippen LogP contribution in [0, 0.1) is 0 Å². The zero-order chi connectivity index (χ0) is 25.5. The molecule has 0 saturated carbocycles. The van der Waals surface area contributed by atoms with Gasteiger partial charge in [0.25, 0.3) is 0 Å². The molecule has 0 bridgehead atoms. The van der Waals surface area contributed by atoms with Gasteiger partial charge in [-0.3, -0.25) is 4.79 Å². The smallest absolute Gasteiger partial charge is 0.337 e. The second kappa shape index (κ2) is 11.4. The number of carbonyl (C=O) groups excluding carboxylic acids is 2. The Balaban J connectivity index is 2.06. The first kappa shape index (κ1) is 25.6. The molecule has 0 radical (unpaired) electrons. The number of fused-ring (bicyclic) bond motifs is 1. The maximum absolute atomic E-state index is 13.2. The summed E-state index contributed by atoms with van der Waals surface area (Å²) >= 11 is 0. The van der Waals surface area contributed by atoms with Crippen LogP contribution in [-0.4, -0.2) is 57.6 Å². The van der Waals surface area contributed by atoms with Crippen LogP contribution in [0.15, 0.2) is 51.9 Å². The van der Waals surface area contributed by atoms with Crippen molar-refractivity contribution in [2.24, 2.45) is 0 Å². The van der Waals surface area contributed by atoms with Gasteiger partial charge in [0, 0.05) is 27.4 Å². The fraction of sp³-hybridized carbons (Fsp3) is 0.250. The zero-order valence-electron chi connectivity index (χ0n) is 19.1. The quantitative estimate of drug-likeness (QED) is 0.332. The van der Waals surface area contributed by atoms with Crippen molar-refractivity contribution in [3.63, 3.8) is 0 Å². The molecule has 0 fully saturated rings. The lowest BCUT2D eigenvalue weighted by Gasteiger charge is -2.12. The number of carboxylic acid groups (broad SMARTS) is 1. The number of benzene rings is 2.